The highest BCUT2D eigenvalue weighted by molar-refractivity contribution is 5.96. The van der Waals surface area contributed by atoms with E-state index in [1.807, 2.05) is 26.0 Å². The van der Waals surface area contributed by atoms with Crippen LogP contribution in [0.2, 0.25) is 0 Å². The van der Waals surface area contributed by atoms with Crippen molar-refractivity contribution in [1.82, 2.24) is 20.5 Å². The Hall–Kier alpha value is -2.12. The van der Waals surface area contributed by atoms with Gasteiger partial charge in [-0.3, -0.25) is 14.9 Å². The number of hydrogen-bond acceptors (Lipinski definition) is 5. The Morgan fingerprint density at radius 2 is 2.28 bits per heavy atom. The second kappa shape index (κ2) is 7.84. The SMILES string of the molecule is CC(C)Cc1[nH]nc(C(=O)Cc2ccc([C@H]3CNCCO3)nc2)c1F. The lowest BCUT2D eigenvalue weighted by atomic mass is 10.0. The molecule has 3 heterocycles. The summed E-state index contributed by atoms with van der Waals surface area (Å²) in [6.45, 7) is 6.20. The Morgan fingerprint density at radius 1 is 1.44 bits per heavy atom. The Bertz CT molecular complexity index is 721. The van der Waals surface area contributed by atoms with E-state index in [1.54, 1.807) is 6.20 Å². The monoisotopic (exact) mass is 346 g/mol. The number of nitrogens with zero attached hydrogens (tertiary/aromatic N) is 2. The predicted octanol–water partition coefficient (Wildman–Crippen LogP) is 2.23. The normalized spacial score (nSPS) is 17.8. The van der Waals surface area contributed by atoms with Crippen molar-refractivity contribution in [2.75, 3.05) is 19.7 Å². The van der Waals surface area contributed by atoms with Crippen LogP contribution in [0, 0.1) is 11.7 Å². The Labute approximate surface area is 146 Å². The molecule has 0 radical (unpaired) electrons. The molecule has 0 saturated carbocycles. The van der Waals surface area contributed by atoms with Crippen molar-refractivity contribution in [2.24, 2.45) is 5.92 Å². The first-order valence-electron chi connectivity index (χ1n) is 8.57. The predicted molar refractivity (Wildman–Crippen MR) is 90.9 cm³/mol. The van der Waals surface area contributed by atoms with Crippen LogP contribution in [0.15, 0.2) is 18.3 Å². The molecule has 1 aliphatic rings. The van der Waals surface area contributed by atoms with E-state index in [9.17, 15) is 9.18 Å². The van der Waals surface area contributed by atoms with E-state index in [2.05, 4.69) is 20.5 Å². The maximum Gasteiger partial charge on any atom is 0.190 e. The number of ketones is 1. The molecule has 2 aromatic heterocycles. The van der Waals surface area contributed by atoms with Crippen LogP contribution in [-0.4, -0.2) is 40.7 Å². The van der Waals surface area contributed by atoms with Crippen LogP contribution < -0.4 is 5.32 Å². The lowest BCUT2D eigenvalue weighted by molar-refractivity contribution is 0.0250. The summed E-state index contributed by atoms with van der Waals surface area (Å²) < 4.78 is 19.9. The topological polar surface area (TPSA) is 79.9 Å². The summed E-state index contributed by atoms with van der Waals surface area (Å²) in [5, 5.41) is 9.75. The Morgan fingerprint density at radius 3 is 2.92 bits per heavy atom. The van der Waals surface area contributed by atoms with E-state index in [0.717, 1.165) is 24.3 Å². The average Bonchev–Trinajstić information content (AvgIpc) is 2.96. The fourth-order valence-electron chi connectivity index (χ4n) is 2.85. The van der Waals surface area contributed by atoms with Crippen LogP contribution in [0.3, 0.4) is 0 Å². The summed E-state index contributed by atoms with van der Waals surface area (Å²) in [5.74, 6) is -0.606. The molecule has 6 nitrogen and oxygen atoms in total. The lowest BCUT2D eigenvalue weighted by Crippen LogP contribution is -2.33. The number of aromatic nitrogens is 3. The number of carbonyl (C=O) groups excluding carboxylic acids is 1. The van der Waals surface area contributed by atoms with Crippen molar-refractivity contribution in [1.29, 1.82) is 0 Å². The first-order chi connectivity index (χ1) is 12.0. The Kier molecular flexibility index (Phi) is 5.55. The third-order valence-corrected chi connectivity index (χ3v) is 4.12. The minimum absolute atomic E-state index is 0.0686. The van der Waals surface area contributed by atoms with Crippen LogP contribution in [0.1, 0.15) is 47.4 Å². The van der Waals surface area contributed by atoms with E-state index in [4.69, 9.17) is 4.74 Å². The van der Waals surface area contributed by atoms with Gasteiger partial charge in [0, 0.05) is 25.7 Å². The Balaban J connectivity index is 1.65. The minimum Gasteiger partial charge on any atom is -0.369 e. The molecule has 0 bridgehead atoms. The van der Waals surface area contributed by atoms with Gasteiger partial charge >= 0.3 is 0 Å². The molecule has 1 fully saturated rings. The number of aromatic amines is 1. The highest BCUT2D eigenvalue weighted by Crippen LogP contribution is 2.18. The van der Waals surface area contributed by atoms with Gasteiger partial charge in [-0.25, -0.2) is 4.39 Å². The summed E-state index contributed by atoms with van der Waals surface area (Å²) in [6, 6.07) is 3.68. The molecule has 0 amide bonds. The molecule has 134 valence electrons. The molecule has 25 heavy (non-hydrogen) atoms. The maximum atomic E-state index is 14.3. The van der Waals surface area contributed by atoms with Gasteiger partial charge in [-0.15, -0.1) is 0 Å². The number of rotatable bonds is 6. The zero-order valence-corrected chi connectivity index (χ0v) is 14.5. The molecule has 1 aliphatic heterocycles. The van der Waals surface area contributed by atoms with E-state index >= 15 is 0 Å². The number of H-pyrrole nitrogens is 1. The number of halogens is 1. The van der Waals surface area contributed by atoms with Gasteiger partial charge in [0.25, 0.3) is 0 Å². The smallest absolute Gasteiger partial charge is 0.190 e. The van der Waals surface area contributed by atoms with Crippen molar-refractivity contribution < 1.29 is 13.9 Å². The number of carbonyl (C=O) groups is 1. The fraction of sp³-hybridized carbons (Fsp3) is 0.500. The third-order valence-electron chi connectivity index (χ3n) is 4.12. The van der Waals surface area contributed by atoms with Crippen molar-refractivity contribution in [2.45, 2.75) is 32.8 Å². The standard InChI is InChI=1S/C18H23FN4O2/c1-11(2)7-14-17(19)18(23-22-14)15(24)8-12-3-4-13(21-9-12)16-10-20-5-6-25-16/h3-4,9,11,16,20H,5-8,10H2,1-2H3,(H,22,23)/t16-/m1/s1. The van der Waals surface area contributed by atoms with Gasteiger partial charge in [-0.05, 0) is 24.0 Å². The number of ether oxygens (including phenoxy) is 1. The van der Waals surface area contributed by atoms with Gasteiger partial charge in [0.15, 0.2) is 17.3 Å². The molecular weight excluding hydrogens is 323 g/mol. The molecule has 0 spiro atoms. The van der Waals surface area contributed by atoms with Gasteiger partial charge < -0.3 is 10.1 Å². The second-order valence-corrected chi connectivity index (χ2v) is 6.72. The van der Waals surface area contributed by atoms with Crippen LogP contribution in [-0.2, 0) is 17.6 Å². The third kappa shape index (κ3) is 4.29. The van der Waals surface area contributed by atoms with Gasteiger partial charge in [0.2, 0.25) is 0 Å². The first kappa shape index (κ1) is 17.7. The zero-order valence-electron chi connectivity index (χ0n) is 14.5. The first-order valence-corrected chi connectivity index (χ1v) is 8.57. The van der Waals surface area contributed by atoms with Gasteiger partial charge in [0.05, 0.1) is 18.0 Å². The van der Waals surface area contributed by atoms with Crippen molar-refractivity contribution in [3.05, 3.63) is 46.8 Å². The average molecular weight is 346 g/mol. The van der Waals surface area contributed by atoms with Gasteiger partial charge in [-0.1, -0.05) is 19.9 Å². The molecule has 3 rings (SSSR count). The van der Waals surface area contributed by atoms with E-state index < -0.39 is 5.82 Å². The second-order valence-electron chi connectivity index (χ2n) is 6.72. The van der Waals surface area contributed by atoms with Crippen molar-refractivity contribution in [3.8, 4) is 0 Å². The summed E-state index contributed by atoms with van der Waals surface area (Å²) in [7, 11) is 0. The van der Waals surface area contributed by atoms with Crippen LogP contribution in [0.25, 0.3) is 0 Å². The number of pyridine rings is 1. The minimum atomic E-state index is -0.537. The maximum absolute atomic E-state index is 14.3. The molecule has 2 N–H and O–H groups in total. The summed E-state index contributed by atoms with van der Waals surface area (Å²) >= 11 is 0. The van der Waals surface area contributed by atoms with Crippen LogP contribution >= 0.6 is 0 Å². The quantitative estimate of drug-likeness (QED) is 0.784. The molecule has 1 saturated heterocycles. The molecule has 0 unspecified atom stereocenters. The molecular formula is C18H23FN4O2. The molecule has 7 heteroatoms. The molecule has 0 aliphatic carbocycles. The number of hydrogen-bond donors (Lipinski definition) is 2. The van der Waals surface area contributed by atoms with Crippen molar-refractivity contribution in [3.63, 3.8) is 0 Å². The number of nitrogens with one attached hydrogen (secondary N) is 2. The van der Waals surface area contributed by atoms with E-state index in [0.29, 0.717) is 18.7 Å². The molecule has 2 aromatic rings. The van der Waals surface area contributed by atoms with E-state index in [-0.39, 0.29) is 29.9 Å². The zero-order chi connectivity index (χ0) is 17.8. The lowest BCUT2D eigenvalue weighted by Gasteiger charge is -2.23. The fourth-order valence-corrected chi connectivity index (χ4v) is 2.85. The highest BCUT2D eigenvalue weighted by atomic mass is 19.1. The summed E-state index contributed by atoms with van der Waals surface area (Å²) in [4.78, 5) is 16.7. The van der Waals surface area contributed by atoms with Crippen LogP contribution in [0.5, 0.6) is 0 Å². The molecule has 0 aromatic carbocycles. The number of Topliss-reactive ketones (excluding diaryl/α,β-unsaturated/α-hetero) is 1. The molecule has 1 atom stereocenters. The largest absolute Gasteiger partial charge is 0.369 e. The number of morpholine rings is 1. The van der Waals surface area contributed by atoms with Gasteiger partial charge in [0.1, 0.15) is 6.10 Å². The van der Waals surface area contributed by atoms with Crippen LogP contribution in [0.4, 0.5) is 4.39 Å². The highest BCUT2D eigenvalue weighted by Gasteiger charge is 2.21. The van der Waals surface area contributed by atoms with Crippen molar-refractivity contribution >= 4 is 5.78 Å². The van der Waals surface area contributed by atoms with Gasteiger partial charge in [-0.2, -0.15) is 5.10 Å². The van der Waals surface area contributed by atoms with E-state index in [1.165, 1.54) is 0 Å². The summed E-state index contributed by atoms with van der Waals surface area (Å²) in [6.07, 6.45) is 2.17. The summed E-state index contributed by atoms with van der Waals surface area (Å²) in [5.41, 5.74) is 1.81.